The molecule has 2 aromatic carbocycles. The summed E-state index contributed by atoms with van der Waals surface area (Å²) in [6.07, 6.45) is 1.28. The first-order chi connectivity index (χ1) is 14.6. The number of nitrogens with one attached hydrogen (secondary N) is 1. The largest absolute Gasteiger partial charge is 0.492 e. The van der Waals surface area contributed by atoms with Crippen LogP contribution in [-0.4, -0.2) is 32.6 Å². The zero-order valence-corrected chi connectivity index (χ0v) is 17.1. The molecule has 7 nitrogen and oxygen atoms in total. The van der Waals surface area contributed by atoms with Gasteiger partial charge in [0.2, 0.25) is 0 Å². The first kappa shape index (κ1) is 18.7. The van der Waals surface area contributed by atoms with Crippen molar-refractivity contribution < 1.29 is 14.6 Å². The van der Waals surface area contributed by atoms with Crippen molar-refractivity contribution >= 4 is 34.7 Å². The number of para-hydroxylation sites is 1. The van der Waals surface area contributed by atoms with Gasteiger partial charge in [-0.3, -0.25) is 9.88 Å². The van der Waals surface area contributed by atoms with Crippen LogP contribution in [0.1, 0.15) is 5.56 Å². The molecule has 4 aromatic rings. The Kier molecular flexibility index (Phi) is 4.65. The molecule has 0 saturated heterocycles. The SMILES string of the molecule is O=C(O)Nc1ccc2c(c1)OCCc1cc(-c3nncn3-c3ccccc3Cl)sc1-2. The summed E-state index contributed by atoms with van der Waals surface area (Å²) in [6.45, 7) is 0.504. The number of halogens is 1. The zero-order chi connectivity index (χ0) is 20.7. The van der Waals surface area contributed by atoms with Gasteiger partial charge in [-0.25, -0.2) is 4.79 Å². The number of thiophene rings is 1. The lowest BCUT2D eigenvalue weighted by molar-refractivity contribution is 0.209. The van der Waals surface area contributed by atoms with Crippen molar-refractivity contribution in [2.75, 3.05) is 11.9 Å². The van der Waals surface area contributed by atoms with Gasteiger partial charge in [-0.1, -0.05) is 23.7 Å². The fraction of sp³-hybridized carbons (Fsp3) is 0.0952. The van der Waals surface area contributed by atoms with Crippen molar-refractivity contribution in [2.45, 2.75) is 6.42 Å². The van der Waals surface area contributed by atoms with E-state index in [0.717, 1.165) is 33.0 Å². The molecule has 0 unspecified atom stereocenters. The summed E-state index contributed by atoms with van der Waals surface area (Å²) in [6, 6.07) is 15.0. The standard InChI is InChI=1S/C21H15ClN4O3S/c22-15-3-1-2-4-16(15)26-11-23-25-20(26)18-9-12-7-8-29-17-10-13(24-21(27)28)5-6-14(17)19(12)30-18/h1-6,9-11,24H,7-8H2,(H,27,28). The highest BCUT2D eigenvalue weighted by Gasteiger charge is 2.22. The maximum atomic E-state index is 10.9. The van der Waals surface area contributed by atoms with Crippen molar-refractivity contribution in [1.82, 2.24) is 14.8 Å². The molecular formula is C21H15ClN4O3S. The van der Waals surface area contributed by atoms with E-state index in [-0.39, 0.29) is 0 Å². The minimum atomic E-state index is -1.11. The van der Waals surface area contributed by atoms with Gasteiger partial charge in [0.1, 0.15) is 12.1 Å². The number of aromatic nitrogens is 3. The number of hydrogen-bond donors (Lipinski definition) is 2. The zero-order valence-electron chi connectivity index (χ0n) is 15.5. The van der Waals surface area contributed by atoms with Gasteiger partial charge in [0, 0.05) is 28.6 Å². The van der Waals surface area contributed by atoms with Gasteiger partial charge in [0.05, 0.1) is 22.2 Å². The number of benzene rings is 2. The third kappa shape index (κ3) is 3.30. The van der Waals surface area contributed by atoms with Gasteiger partial charge < -0.3 is 9.84 Å². The van der Waals surface area contributed by atoms with Gasteiger partial charge in [-0.05, 0) is 35.9 Å². The van der Waals surface area contributed by atoms with Crippen LogP contribution in [-0.2, 0) is 6.42 Å². The topological polar surface area (TPSA) is 89.3 Å². The fourth-order valence-corrected chi connectivity index (χ4v) is 4.93. The highest BCUT2D eigenvalue weighted by Crippen LogP contribution is 2.44. The Morgan fingerprint density at radius 1 is 1.23 bits per heavy atom. The number of anilines is 1. The third-order valence-electron chi connectivity index (χ3n) is 4.80. The molecule has 2 aromatic heterocycles. The molecule has 3 heterocycles. The molecule has 1 aliphatic heterocycles. The molecule has 0 radical (unpaired) electrons. The van der Waals surface area contributed by atoms with Crippen molar-refractivity contribution in [3.8, 4) is 32.6 Å². The molecule has 0 spiro atoms. The Morgan fingerprint density at radius 3 is 2.93 bits per heavy atom. The second kappa shape index (κ2) is 7.47. The molecule has 0 atom stereocenters. The van der Waals surface area contributed by atoms with E-state index >= 15 is 0 Å². The summed E-state index contributed by atoms with van der Waals surface area (Å²) in [7, 11) is 0. The van der Waals surface area contributed by atoms with Gasteiger partial charge in [-0.15, -0.1) is 21.5 Å². The van der Waals surface area contributed by atoms with Crippen LogP contribution in [0, 0.1) is 0 Å². The maximum Gasteiger partial charge on any atom is 0.409 e. The number of nitrogens with zero attached hydrogens (tertiary/aromatic N) is 3. The minimum absolute atomic E-state index is 0.472. The average molecular weight is 439 g/mol. The summed E-state index contributed by atoms with van der Waals surface area (Å²) in [5, 5.41) is 20.4. The van der Waals surface area contributed by atoms with E-state index < -0.39 is 6.09 Å². The lowest BCUT2D eigenvalue weighted by atomic mass is 10.1. The first-order valence-electron chi connectivity index (χ1n) is 9.15. The number of rotatable bonds is 3. The van der Waals surface area contributed by atoms with E-state index in [0.29, 0.717) is 28.9 Å². The molecule has 9 heteroatoms. The fourth-order valence-electron chi connectivity index (χ4n) is 3.48. The Hall–Kier alpha value is -3.36. The van der Waals surface area contributed by atoms with Crippen LogP contribution >= 0.6 is 22.9 Å². The summed E-state index contributed by atoms with van der Waals surface area (Å²) in [4.78, 5) is 13.0. The monoisotopic (exact) mass is 438 g/mol. The van der Waals surface area contributed by atoms with Crippen molar-refractivity contribution in [3.63, 3.8) is 0 Å². The summed E-state index contributed by atoms with van der Waals surface area (Å²) >= 11 is 7.98. The Bertz CT molecular complexity index is 1270. The van der Waals surface area contributed by atoms with E-state index in [9.17, 15) is 4.79 Å². The molecule has 0 saturated carbocycles. The van der Waals surface area contributed by atoms with Crippen molar-refractivity contribution in [2.24, 2.45) is 0 Å². The number of hydrogen-bond acceptors (Lipinski definition) is 5. The molecule has 0 bridgehead atoms. The minimum Gasteiger partial charge on any atom is -0.492 e. The first-order valence-corrected chi connectivity index (χ1v) is 10.3. The van der Waals surface area contributed by atoms with Crippen LogP contribution in [0.15, 0.2) is 54.9 Å². The number of carbonyl (C=O) groups is 1. The maximum absolute atomic E-state index is 10.9. The summed E-state index contributed by atoms with van der Waals surface area (Å²) in [5.41, 5.74) is 3.37. The quantitative estimate of drug-likeness (QED) is 0.450. The molecular weight excluding hydrogens is 424 g/mol. The Balaban J connectivity index is 1.59. The molecule has 1 amide bonds. The van der Waals surface area contributed by atoms with Crippen LogP contribution in [0.2, 0.25) is 5.02 Å². The molecule has 150 valence electrons. The van der Waals surface area contributed by atoms with Gasteiger partial charge in [-0.2, -0.15) is 0 Å². The van der Waals surface area contributed by atoms with E-state index in [1.807, 2.05) is 34.9 Å². The van der Waals surface area contributed by atoms with Crippen molar-refractivity contribution in [1.29, 1.82) is 0 Å². The lowest BCUT2D eigenvalue weighted by Gasteiger charge is -2.10. The average Bonchev–Trinajstić information content (AvgIpc) is 3.32. The number of fused-ring (bicyclic) bond motifs is 3. The van der Waals surface area contributed by atoms with Gasteiger partial charge in [0.25, 0.3) is 0 Å². The Morgan fingerprint density at radius 2 is 2.10 bits per heavy atom. The highest BCUT2D eigenvalue weighted by molar-refractivity contribution is 7.19. The normalized spacial score (nSPS) is 12.4. The summed E-state index contributed by atoms with van der Waals surface area (Å²) < 4.78 is 7.75. The predicted octanol–water partition coefficient (Wildman–Crippen LogP) is 5.34. The number of carboxylic acid groups (broad SMARTS) is 1. The Labute approximate surface area is 180 Å². The van der Waals surface area contributed by atoms with Crippen LogP contribution in [0.4, 0.5) is 10.5 Å². The van der Waals surface area contributed by atoms with E-state index in [1.54, 1.807) is 29.8 Å². The van der Waals surface area contributed by atoms with Crippen LogP contribution < -0.4 is 10.1 Å². The smallest absolute Gasteiger partial charge is 0.409 e. The number of amides is 1. The second-order valence-electron chi connectivity index (χ2n) is 6.68. The van der Waals surface area contributed by atoms with Gasteiger partial charge >= 0.3 is 6.09 Å². The van der Waals surface area contributed by atoms with E-state index in [4.69, 9.17) is 21.4 Å². The lowest BCUT2D eigenvalue weighted by Crippen LogP contribution is -2.07. The van der Waals surface area contributed by atoms with Gasteiger partial charge in [0.15, 0.2) is 5.82 Å². The van der Waals surface area contributed by atoms with Crippen molar-refractivity contribution in [3.05, 3.63) is 65.4 Å². The molecule has 30 heavy (non-hydrogen) atoms. The van der Waals surface area contributed by atoms with Crippen LogP contribution in [0.5, 0.6) is 5.75 Å². The van der Waals surface area contributed by atoms with E-state index in [1.165, 1.54) is 0 Å². The molecule has 2 N–H and O–H groups in total. The van der Waals surface area contributed by atoms with Crippen LogP contribution in [0.25, 0.3) is 26.8 Å². The molecule has 0 aliphatic carbocycles. The molecule has 1 aliphatic rings. The number of ether oxygens (including phenoxy) is 1. The third-order valence-corrected chi connectivity index (χ3v) is 6.32. The van der Waals surface area contributed by atoms with Crippen LogP contribution in [0.3, 0.4) is 0 Å². The molecule has 0 fully saturated rings. The van der Waals surface area contributed by atoms with E-state index in [2.05, 4.69) is 21.6 Å². The predicted molar refractivity (Wildman–Crippen MR) is 116 cm³/mol. The highest BCUT2D eigenvalue weighted by atomic mass is 35.5. The summed E-state index contributed by atoms with van der Waals surface area (Å²) in [5.74, 6) is 1.37. The second-order valence-corrected chi connectivity index (χ2v) is 8.14. The molecule has 5 rings (SSSR count).